The average Bonchev–Trinajstić information content (AvgIpc) is 2.60. The molecule has 2 aliphatic rings. The van der Waals surface area contributed by atoms with Gasteiger partial charge in [0.1, 0.15) is 28.9 Å². The maximum atomic E-state index is 14.4. The van der Waals surface area contributed by atoms with Crippen LogP contribution in [-0.2, 0) is 9.47 Å². The molecule has 0 radical (unpaired) electrons. The van der Waals surface area contributed by atoms with Gasteiger partial charge in [-0.15, -0.1) is 0 Å². The van der Waals surface area contributed by atoms with Crippen molar-refractivity contribution in [2.75, 3.05) is 32.8 Å². The zero-order valence-electron chi connectivity index (χ0n) is 15.7. The Labute approximate surface area is 157 Å². The van der Waals surface area contributed by atoms with E-state index in [4.69, 9.17) is 14.7 Å². The average molecular weight is 379 g/mol. The van der Waals surface area contributed by atoms with E-state index >= 15 is 0 Å². The molecule has 2 saturated heterocycles. The first kappa shape index (κ1) is 19.5. The molecule has 0 bridgehead atoms. The second-order valence-corrected chi connectivity index (χ2v) is 7.83. The maximum absolute atomic E-state index is 14.4. The fourth-order valence-corrected chi connectivity index (χ4v) is 3.38. The van der Waals surface area contributed by atoms with Crippen LogP contribution in [0.1, 0.15) is 38.0 Å². The van der Waals surface area contributed by atoms with Gasteiger partial charge in [-0.2, -0.15) is 5.26 Å². The van der Waals surface area contributed by atoms with E-state index in [2.05, 4.69) is 4.90 Å². The van der Waals surface area contributed by atoms with Crippen LogP contribution in [0.2, 0.25) is 0 Å². The first-order chi connectivity index (χ1) is 12.7. The van der Waals surface area contributed by atoms with Crippen LogP contribution in [0.3, 0.4) is 0 Å². The normalized spacial score (nSPS) is 23.5. The summed E-state index contributed by atoms with van der Waals surface area (Å²) in [5.74, 6) is -1.74. The second-order valence-electron chi connectivity index (χ2n) is 7.83. The molecule has 146 valence electrons. The van der Waals surface area contributed by atoms with Gasteiger partial charge in [0, 0.05) is 31.7 Å². The Hall–Kier alpha value is -2.24. The Morgan fingerprint density at radius 3 is 2.70 bits per heavy atom. The van der Waals surface area contributed by atoms with Crippen molar-refractivity contribution in [3.8, 4) is 6.07 Å². The molecule has 0 N–H and O–H groups in total. The smallest absolute Gasteiger partial charge is 0.410 e. The van der Waals surface area contributed by atoms with Crippen LogP contribution in [0.15, 0.2) is 12.1 Å². The zero-order chi connectivity index (χ0) is 19.8. The summed E-state index contributed by atoms with van der Waals surface area (Å²) in [4.78, 5) is 16.0. The van der Waals surface area contributed by atoms with Gasteiger partial charge in [-0.1, -0.05) is 6.07 Å². The van der Waals surface area contributed by atoms with Gasteiger partial charge in [-0.05, 0) is 26.8 Å². The van der Waals surface area contributed by atoms with Crippen LogP contribution in [0.25, 0.3) is 0 Å². The van der Waals surface area contributed by atoms with Crippen LogP contribution in [0, 0.1) is 23.0 Å². The number of carbonyl (C=O) groups excluding carboxylic acids is 1. The van der Waals surface area contributed by atoms with Crippen molar-refractivity contribution < 1.29 is 23.0 Å². The highest BCUT2D eigenvalue weighted by atomic mass is 19.1. The van der Waals surface area contributed by atoms with E-state index in [1.165, 1.54) is 6.07 Å². The predicted octanol–water partition coefficient (Wildman–Crippen LogP) is 2.83. The van der Waals surface area contributed by atoms with Crippen LogP contribution in [0.5, 0.6) is 0 Å². The van der Waals surface area contributed by atoms with E-state index < -0.39 is 28.9 Å². The van der Waals surface area contributed by atoms with Crippen molar-refractivity contribution in [2.45, 2.75) is 38.5 Å². The number of morpholine rings is 1. The third-order valence-electron chi connectivity index (χ3n) is 4.73. The van der Waals surface area contributed by atoms with Crippen LogP contribution in [0.4, 0.5) is 13.6 Å². The maximum Gasteiger partial charge on any atom is 0.410 e. The number of nitriles is 1. The number of ether oxygens (including phenoxy) is 2. The monoisotopic (exact) mass is 379 g/mol. The number of hydrogen-bond donors (Lipinski definition) is 0. The Bertz CT molecular complexity index is 773. The zero-order valence-corrected chi connectivity index (χ0v) is 15.7. The molecular formula is C19H23F2N3O3. The summed E-state index contributed by atoms with van der Waals surface area (Å²) in [6.07, 6.45) is -0.936. The third-order valence-corrected chi connectivity index (χ3v) is 4.73. The lowest BCUT2D eigenvalue weighted by Gasteiger charge is -2.46. The van der Waals surface area contributed by atoms with Crippen molar-refractivity contribution in [2.24, 2.45) is 0 Å². The van der Waals surface area contributed by atoms with Gasteiger partial charge in [0.2, 0.25) is 0 Å². The minimum absolute atomic E-state index is 0.0125. The molecule has 8 heteroatoms. The van der Waals surface area contributed by atoms with Gasteiger partial charge in [-0.25, -0.2) is 13.6 Å². The lowest BCUT2D eigenvalue weighted by molar-refractivity contribution is -0.0915. The number of hydrogen-bond acceptors (Lipinski definition) is 5. The summed E-state index contributed by atoms with van der Waals surface area (Å²) in [6, 6.07) is 3.96. The Morgan fingerprint density at radius 2 is 2.04 bits per heavy atom. The molecule has 0 aromatic heterocycles. The molecule has 2 atom stereocenters. The summed E-state index contributed by atoms with van der Waals surface area (Å²) >= 11 is 0. The third kappa shape index (κ3) is 4.20. The Kier molecular flexibility index (Phi) is 5.36. The molecule has 0 unspecified atom stereocenters. The molecule has 0 saturated carbocycles. The highest BCUT2D eigenvalue weighted by Crippen LogP contribution is 2.30. The number of carbonyl (C=O) groups is 1. The van der Waals surface area contributed by atoms with E-state index in [-0.39, 0.29) is 17.7 Å². The Balaban J connectivity index is 1.67. The van der Waals surface area contributed by atoms with E-state index in [1.54, 1.807) is 11.0 Å². The second kappa shape index (κ2) is 7.41. The minimum Gasteiger partial charge on any atom is -0.444 e. The fraction of sp³-hybridized carbons (Fsp3) is 0.579. The quantitative estimate of drug-likeness (QED) is 0.751. The topological polar surface area (TPSA) is 65.8 Å². The lowest BCUT2D eigenvalue weighted by Crippen LogP contribution is -2.60. The molecule has 3 rings (SSSR count). The van der Waals surface area contributed by atoms with E-state index in [9.17, 15) is 13.6 Å². The number of halogens is 2. The molecule has 1 aromatic rings. The van der Waals surface area contributed by atoms with Gasteiger partial charge in [0.15, 0.2) is 0 Å². The van der Waals surface area contributed by atoms with E-state index in [1.807, 2.05) is 20.8 Å². The first-order valence-corrected chi connectivity index (χ1v) is 8.91. The van der Waals surface area contributed by atoms with Gasteiger partial charge >= 0.3 is 6.09 Å². The summed E-state index contributed by atoms with van der Waals surface area (Å²) in [5, 5.41) is 8.94. The van der Waals surface area contributed by atoms with Crippen molar-refractivity contribution in [3.05, 3.63) is 34.9 Å². The standard InChI is InChI=1S/C19H23F2N3O3/c1-19(2,3)27-18(25)24-7-6-23-10-16(26-11-12(23)9-24)13-4-5-15(20)14(8-22)17(13)21/h4-5,12,16H,6-7,9-11H2,1-3H3/t12-,16+/m1/s1. The van der Waals surface area contributed by atoms with Crippen molar-refractivity contribution in [1.82, 2.24) is 9.80 Å². The van der Waals surface area contributed by atoms with E-state index in [0.29, 0.717) is 32.8 Å². The fourth-order valence-electron chi connectivity index (χ4n) is 3.38. The molecule has 27 heavy (non-hydrogen) atoms. The number of nitrogens with zero attached hydrogens (tertiary/aromatic N) is 3. The summed E-state index contributed by atoms with van der Waals surface area (Å²) in [7, 11) is 0. The van der Waals surface area contributed by atoms with E-state index in [0.717, 1.165) is 6.07 Å². The Morgan fingerprint density at radius 1 is 1.30 bits per heavy atom. The van der Waals surface area contributed by atoms with Crippen molar-refractivity contribution >= 4 is 6.09 Å². The minimum atomic E-state index is -0.876. The van der Waals surface area contributed by atoms with Crippen LogP contribution < -0.4 is 0 Å². The summed E-state index contributed by atoms with van der Waals surface area (Å²) < 4.78 is 39.2. The number of fused-ring (bicyclic) bond motifs is 1. The van der Waals surface area contributed by atoms with Crippen LogP contribution in [-0.4, -0.2) is 60.3 Å². The molecule has 1 aromatic carbocycles. The lowest BCUT2D eigenvalue weighted by atomic mass is 10.0. The number of piperazine rings is 1. The predicted molar refractivity (Wildman–Crippen MR) is 92.9 cm³/mol. The highest BCUT2D eigenvalue weighted by molar-refractivity contribution is 5.68. The largest absolute Gasteiger partial charge is 0.444 e. The molecule has 1 amide bonds. The number of amides is 1. The highest BCUT2D eigenvalue weighted by Gasteiger charge is 2.37. The van der Waals surface area contributed by atoms with Gasteiger partial charge in [0.05, 0.1) is 18.8 Å². The van der Waals surface area contributed by atoms with Crippen molar-refractivity contribution in [3.63, 3.8) is 0 Å². The summed E-state index contributed by atoms with van der Waals surface area (Å²) in [6.45, 7) is 7.78. The van der Waals surface area contributed by atoms with Gasteiger partial charge in [-0.3, -0.25) is 4.90 Å². The molecule has 0 aliphatic carbocycles. The summed E-state index contributed by atoms with van der Waals surface area (Å²) in [5.41, 5.74) is -0.963. The first-order valence-electron chi connectivity index (χ1n) is 8.91. The SMILES string of the molecule is CC(C)(C)OC(=O)N1CCN2C[C@@H](c3ccc(F)c(C#N)c3F)OC[C@H]2C1. The van der Waals surface area contributed by atoms with Gasteiger partial charge < -0.3 is 14.4 Å². The molecular weight excluding hydrogens is 356 g/mol. The van der Waals surface area contributed by atoms with Crippen LogP contribution >= 0.6 is 0 Å². The van der Waals surface area contributed by atoms with Crippen molar-refractivity contribution in [1.29, 1.82) is 5.26 Å². The molecule has 2 aliphatic heterocycles. The van der Waals surface area contributed by atoms with Gasteiger partial charge in [0.25, 0.3) is 0 Å². The molecule has 0 spiro atoms. The number of rotatable bonds is 1. The molecule has 6 nitrogen and oxygen atoms in total. The number of benzene rings is 1. The molecule has 2 heterocycles. The molecule has 2 fully saturated rings.